The fourth-order valence-corrected chi connectivity index (χ4v) is 4.58. The molecular weight excluding hydrogens is 365 g/mol. The van der Waals surface area contributed by atoms with Crippen molar-refractivity contribution < 1.29 is 9.18 Å². The van der Waals surface area contributed by atoms with Gasteiger partial charge in [0.25, 0.3) is 0 Å². The number of rotatable bonds is 6. The SMILES string of the molecule is CN(C)CCCN1CC2(CCC1=O)CCN(Cc1ccc(F)c(Cl)c1)CC2. The number of benzene rings is 1. The second-order valence-electron chi connectivity index (χ2n) is 8.50. The molecule has 2 heterocycles. The highest BCUT2D eigenvalue weighted by Crippen LogP contribution is 2.40. The minimum atomic E-state index is -0.362. The van der Waals surface area contributed by atoms with E-state index in [1.807, 2.05) is 6.07 Å². The highest BCUT2D eigenvalue weighted by Gasteiger charge is 2.40. The molecule has 4 nitrogen and oxygen atoms in total. The molecule has 0 N–H and O–H groups in total. The Bertz CT molecular complexity index is 659. The molecule has 0 aromatic heterocycles. The van der Waals surface area contributed by atoms with Crippen molar-refractivity contribution in [3.8, 4) is 0 Å². The summed E-state index contributed by atoms with van der Waals surface area (Å²) in [5, 5.41) is 0.195. The highest BCUT2D eigenvalue weighted by atomic mass is 35.5. The van der Waals surface area contributed by atoms with Crippen molar-refractivity contribution >= 4 is 17.5 Å². The third-order valence-corrected chi connectivity index (χ3v) is 6.38. The van der Waals surface area contributed by atoms with Gasteiger partial charge in [-0.05, 0) is 82.5 Å². The van der Waals surface area contributed by atoms with Crippen LogP contribution in [0.25, 0.3) is 0 Å². The van der Waals surface area contributed by atoms with E-state index in [2.05, 4.69) is 28.8 Å². The van der Waals surface area contributed by atoms with Crippen LogP contribution in [0.4, 0.5) is 4.39 Å². The maximum absolute atomic E-state index is 13.3. The number of hydrogen-bond donors (Lipinski definition) is 0. The van der Waals surface area contributed by atoms with E-state index >= 15 is 0 Å². The zero-order valence-electron chi connectivity index (χ0n) is 16.5. The second-order valence-corrected chi connectivity index (χ2v) is 8.90. The molecule has 0 unspecified atom stereocenters. The van der Waals surface area contributed by atoms with Crippen molar-refractivity contribution in [1.29, 1.82) is 0 Å². The summed E-state index contributed by atoms with van der Waals surface area (Å²) >= 11 is 5.90. The molecular formula is C21H31ClFN3O. The average Bonchev–Trinajstić information content (AvgIpc) is 2.63. The van der Waals surface area contributed by atoms with Gasteiger partial charge in [-0.15, -0.1) is 0 Å². The van der Waals surface area contributed by atoms with Gasteiger partial charge in [0.15, 0.2) is 0 Å². The Morgan fingerprint density at radius 3 is 2.63 bits per heavy atom. The van der Waals surface area contributed by atoms with Crippen LogP contribution in [0.15, 0.2) is 18.2 Å². The van der Waals surface area contributed by atoms with Crippen molar-refractivity contribution in [2.45, 2.75) is 38.6 Å². The first-order chi connectivity index (χ1) is 12.9. The molecule has 3 rings (SSSR count). The van der Waals surface area contributed by atoms with Gasteiger partial charge < -0.3 is 9.80 Å². The lowest BCUT2D eigenvalue weighted by Crippen LogP contribution is -2.51. The summed E-state index contributed by atoms with van der Waals surface area (Å²) in [6.45, 7) is 5.65. The Kier molecular flexibility index (Phi) is 6.77. The summed E-state index contributed by atoms with van der Waals surface area (Å²) in [6, 6.07) is 4.99. The minimum absolute atomic E-state index is 0.195. The molecule has 2 aliphatic heterocycles. The van der Waals surface area contributed by atoms with E-state index in [9.17, 15) is 9.18 Å². The summed E-state index contributed by atoms with van der Waals surface area (Å²) in [7, 11) is 4.15. The number of amides is 1. The number of carbonyl (C=O) groups is 1. The summed E-state index contributed by atoms with van der Waals surface area (Å²) in [6.07, 6.45) is 4.99. The van der Waals surface area contributed by atoms with Crippen LogP contribution < -0.4 is 0 Å². The minimum Gasteiger partial charge on any atom is -0.342 e. The van der Waals surface area contributed by atoms with Gasteiger partial charge in [-0.25, -0.2) is 4.39 Å². The molecule has 0 saturated carbocycles. The number of piperidine rings is 2. The number of carbonyl (C=O) groups excluding carboxylic acids is 1. The Hall–Kier alpha value is -1.17. The molecule has 27 heavy (non-hydrogen) atoms. The van der Waals surface area contributed by atoms with Crippen LogP contribution in [0.2, 0.25) is 5.02 Å². The molecule has 0 aliphatic carbocycles. The zero-order chi connectivity index (χ0) is 19.4. The number of halogens is 2. The van der Waals surface area contributed by atoms with E-state index in [0.717, 1.165) is 70.5 Å². The van der Waals surface area contributed by atoms with Crippen LogP contribution in [0.1, 0.15) is 37.7 Å². The largest absolute Gasteiger partial charge is 0.342 e. The number of nitrogens with zero attached hydrogens (tertiary/aromatic N) is 3. The van der Waals surface area contributed by atoms with E-state index in [0.29, 0.717) is 12.3 Å². The van der Waals surface area contributed by atoms with Crippen molar-refractivity contribution in [1.82, 2.24) is 14.7 Å². The molecule has 2 fully saturated rings. The van der Waals surface area contributed by atoms with Crippen molar-refractivity contribution in [2.75, 3.05) is 46.8 Å². The molecule has 2 aliphatic rings. The Balaban J connectivity index is 1.52. The van der Waals surface area contributed by atoms with E-state index in [1.165, 1.54) is 6.07 Å². The molecule has 150 valence electrons. The lowest BCUT2D eigenvalue weighted by atomic mass is 9.72. The maximum atomic E-state index is 13.3. The second kappa shape index (κ2) is 8.89. The lowest BCUT2D eigenvalue weighted by molar-refractivity contribution is -0.139. The fraction of sp³-hybridized carbons (Fsp3) is 0.667. The number of hydrogen-bond acceptors (Lipinski definition) is 3. The Labute approximate surface area is 167 Å². The van der Waals surface area contributed by atoms with Gasteiger partial charge in [0.05, 0.1) is 5.02 Å². The molecule has 1 spiro atoms. The van der Waals surface area contributed by atoms with Crippen molar-refractivity contribution in [2.24, 2.45) is 5.41 Å². The summed E-state index contributed by atoms with van der Waals surface area (Å²) < 4.78 is 13.3. The summed E-state index contributed by atoms with van der Waals surface area (Å²) in [4.78, 5) is 19.0. The molecule has 0 bridgehead atoms. The molecule has 1 amide bonds. The van der Waals surface area contributed by atoms with E-state index in [1.54, 1.807) is 6.07 Å². The molecule has 0 radical (unpaired) electrons. The first-order valence-electron chi connectivity index (χ1n) is 9.96. The normalized spacial score (nSPS) is 20.6. The average molecular weight is 396 g/mol. The molecule has 6 heteroatoms. The molecule has 0 atom stereocenters. The Morgan fingerprint density at radius 2 is 1.96 bits per heavy atom. The van der Waals surface area contributed by atoms with E-state index in [-0.39, 0.29) is 16.3 Å². The fourth-order valence-electron chi connectivity index (χ4n) is 4.37. The van der Waals surface area contributed by atoms with Crippen molar-refractivity contribution in [3.63, 3.8) is 0 Å². The molecule has 2 saturated heterocycles. The molecule has 1 aromatic rings. The predicted molar refractivity (Wildman–Crippen MR) is 107 cm³/mol. The Morgan fingerprint density at radius 1 is 1.22 bits per heavy atom. The smallest absolute Gasteiger partial charge is 0.222 e. The zero-order valence-corrected chi connectivity index (χ0v) is 17.3. The van der Waals surface area contributed by atoms with E-state index in [4.69, 9.17) is 11.6 Å². The van der Waals surface area contributed by atoms with Crippen LogP contribution in [-0.2, 0) is 11.3 Å². The van der Waals surface area contributed by atoms with Gasteiger partial charge >= 0.3 is 0 Å². The van der Waals surface area contributed by atoms with Crippen LogP contribution >= 0.6 is 11.6 Å². The molecule has 1 aromatic carbocycles. The monoisotopic (exact) mass is 395 g/mol. The first kappa shape index (κ1) is 20.6. The van der Waals surface area contributed by atoms with Crippen LogP contribution in [0.5, 0.6) is 0 Å². The third-order valence-electron chi connectivity index (χ3n) is 6.09. The standard InChI is InChI=1S/C21H31ClFN3O/c1-24(2)10-3-11-26-16-21(7-6-20(26)27)8-12-25(13-9-21)15-17-4-5-19(23)18(22)14-17/h4-5,14H,3,6-13,15-16H2,1-2H3. The van der Waals surface area contributed by atoms with Crippen molar-refractivity contribution in [3.05, 3.63) is 34.6 Å². The lowest BCUT2D eigenvalue weighted by Gasteiger charge is -2.47. The van der Waals surface area contributed by atoms with Crippen LogP contribution in [-0.4, -0.2) is 67.4 Å². The van der Waals surface area contributed by atoms with E-state index < -0.39 is 0 Å². The van der Waals surface area contributed by atoms with Crippen LogP contribution in [0, 0.1) is 11.2 Å². The number of likely N-dealkylation sites (tertiary alicyclic amines) is 2. The van der Waals surface area contributed by atoms with Gasteiger partial charge in [-0.3, -0.25) is 9.69 Å². The van der Waals surface area contributed by atoms with Gasteiger partial charge in [-0.2, -0.15) is 0 Å². The predicted octanol–water partition coefficient (Wildman–Crippen LogP) is 3.64. The van der Waals surface area contributed by atoms with Gasteiger partial charge in [-0.1, -0.05) is 17.7 Å². The summed E-state index contributed by atoms with van der Waals surface area (Å²) in [5.41, 5.74) is 1.34. The van der Waals surface area contributed by atoms with Gasteiger partial charge in [0.1, 0.15) is 5.82 Å². The van der Waals surface area contributed by atoms with Crippen LogP contribution in [0.3, 0.4) is 0 Å². The topological polar surface area (TPSA) is 26.8 Å². The highest BCUT2D eigenvalue weighted by molar-refractivity contribution is 6.30. The quantitative estimate of drug-likeness (QED) is 0.735. The third kappa shape index (κ3) is 5.43. The van der Waals surface area contributed by atoms with Gasteiger partial charge in [0, 0.05) is 26.1 Å². The maximum Gasteiger partial charge on any atom is 0.222 e. The van der Waals surface area contributed by atoms with Gasteiger partial charge in [0.2, 0.25) is 5.91 Å². The summed E-state index contributed by atoms with van der Waals surface area (Å²) in [5.74, 6) is -0.0398. The first-order valence-corrected chi connectivity index (χ1v) is 10.3.